The molecule has 94 valence electrons. The fourth-order valence-electron chi connectivity index (χ4n) is 1.98. The number of fused-ring (bicyclic) bond motifs is 1. The molecule has 0 aliphatic rings. The molecule has 2 N–H and O–H groups in total. The number of benzene rings is 1. The van der Waals surface area contributed by atoms with Gasteiger partial charge in [-0.15, -0.1) is 0 Å². The summed E-state index contributed by atoms with van der Waals surface area (Å²) in [4.78, 5) is 21.9. The minimum absolute atomic E-state index is 0.189. The molecule has 1 amide bonds. The van der Waals surface area contributed by atoms with E-state index in [2.05, 4.69) is 5.32 Å². The molecule has 18 heavy (non-hydrogen) atoms. The number of carboxylic acid groups (broad SMARTS) is 1. The molecule has 1 heterocycles. The van der Waals surface area contributed by atoms with Gasteiger partial charge in [0.15, 0.2) is 0 Å². The van der Waals surface area contributed by atoms with E-state index in [4.69, 9.17) is 5.11 Å². The van der Waals surface area contributed by atoms with E-state index in [0.29, 0.717) is 0 Å². The van der Waals surface area contributed by atoms with Crippen LogP contribution in [0.4, 0.5) is 0 Å². The highest BCUT2D eigenvalue weighted by Gasteiger charge is 2.10. The largest absolute Gasteiger partial charge is 0.480 e. The van der Waals surface area contributed by atoms with E-state index in [-0.39, 0.29) is 18.9 Å². The zero-order valence-corrected chi connectivity index (χ0v) is 10.0. The van der Waals surface area contributed by atoms with Crippen molar-refractivity contribution < 1.29 is 14.7 Å². The molecule has 1 aromatic carbocycles. The Kier molecular flexibility index (Phi) is 3.32. The Balaban J connectivity index is 2.17. The van der Waals surface area contributed by atoms with Gasteiger partial charge < -0.3 is 15.0 Å². The average molecular weight is 246 g/mol. The van der Waals surface area contributed by atoms with Crippen molar-refractivity contribution in [3.63, 3.8) is 0 Å². The SMILES string of the molecule is Cn1cc(CC(=O)NCC(=O)O)c2ccccc21. The molecule has 2 aromatic rings. The summed E-state index contributed by atoms with van der Waals surface area (Å²) in [5.41, 5.74) is 1.95. The zero-order chi connectivity index (χ0) is 13.1. The number of para-hydroxylation sites is 1. The Bertz CT molecular complexity index is 601. The summed E-state index contributed by atoms with van der Waals surface area (Å²) < 4.78 is 1.95. The van der Waals surface area contributed by atoms with Gasteiger partial charge in [0.2, 0.25) is 5.91 Å². The molecule has 5 nitrogen and oxygen atoms in total. The molecule has 1 aromatic heterocycles. The molecule has 0 aliphatic carbocycles. The molecule has 5 heteroatoms. The van der Waals surface area contributed by atoms with Gasteiger partial charge in [0.25, 0.3) is 0 Å². The number of amides is 1. The first-order chi connectivity index (χ1) is 8.58. The minimum Gasteiger partial charge on any atom is -0.480 e. The molecule has 0 radical (unpaired) electrons. The highest BCUT2D eigenvalue weighted by Crippen LogP contribution is 2.20. The summed E-state index contributed by atoms with van der Waals surface area (Å²) in [6.07, 6.45) is 2.08. The zero-order valence-electron chi connectivity index (χ0n) is 10.0. The number of nitrogens with zero attached hydrogens (tertiary/aromatic N) is 1. The molecule has 0 spiro atoms. The van der Waals surface area contributed by atoms with Crippen LogP contribution in [0, 0.1) is 0 Å². The number of aromatic nitrogens is 1. The fourth-order valence-corrected chi connectivity index (χ4v) is 1.98. The van der Waals surface area contributed by atoms with Crippen LogP contribution in [0.5, 0.6) is 0 Å². The third-order valence-electron chi connectivity index (χ3n) is 2.77. The third-order valence-corrected chi connectivity index (χ3v) is 2.77. The van der Waals surface area contributed by atoms with Crippen LogP contribution in [0.1, 0.15) is 5.56 Å². The summed E-state index contributed by atoms with van der Waals surface area (Å²) in [7, 11) is 1.92. The minimum atomic E-state index is -1.04. The Morgan fingerprint density at radius 2 is 2.06 bits per heavy atom. The van der Waals surface area contributed by atoms with Crippen LogP contribution in [-0.2, 0) is 23.1 Å². The lowest BCUT2D eigenvalue weighted by molar-refractivity contribution is -0.137. The van der Waals surface area contributed by atoms with Crippen LogP contribution in [0.3, 0.4) is 0 Å². The predicted molar refractivity (Wildman–Crippen MR) is 67.3 cm³/mol. The van der Waals surface area contributed by atoms with E-state index >= 15 is 0 Å². The van der Waals surface area contributed by atoms with Gasteiger partial charge in [-0.3, -0.25) is 9.59 Å². The third kappa shape index (κ3) is 2.51. The van der Waals surface area contributed by atoms with Crippen LogP contribution >= 0.6 is 0 Å². The quantitative estimate of drug-likeness (QED) is 0.842. The number of hydrogen-bond donors (Lipinski definition) is 2. The van der Waals surface area contributed by atoms with Crippen LogP contribution in [0.25, 0.3) is 10.9 Å². The normalized spacial score (nSPS) is 10.5. The van der Waals surface area contributed by atoms with Crippen molar-refractivity contribution in [2.45, 2.75) is 6.42 Å². The molecular formula is C13H14N2O3. The molecule has 2 rings (SSSR count). The van der Waals surface area contributed by atoms with E-state index in [1.165, 1.54) is 0 Å². The molecule has 0 atom stereocenters. The van der Waals surface area contributed by atoms with Crippen LogP contribution in [0.2, 0.25) is 0 Å². The lowest BCUT2D eigenvalue weighted by Gasteiger charge is -2.01. The summed E-state index contributed by atoms with van der Waals surface area (Å²) >= 11 is 0. The van der Waals surface area contributed by atoms with Gasteiger partial charge in [0.1, 0.15) is 6.54 Å². The van der Waals surface area contributed by atoms with E-state index < -0.39 is 5.97 Å². The smallest absolute Gasteiger partial charge is 0.322 e. The highest BCUT2D eigenvalue weighted by molar-refractivity contribution is 5.90. The molecule has 0 unspecified atom stereocenters. The first kappa shape index (κ1) is 12.2. The molecular weight excluding hydrogens is 232 g/mol. The van der Waals surface area contributed by atoms with Crippen molar-refractivity contribution in [3.05, 3.63) is 36.0 Å². The summed E-state index contributed by atoms with van der Waals surface area (Å²) in [5, 5.41) is 11.9. The molecule has 0 fully saturated rings. The van der Waals surface area contributed by atoms with Crippen molar-refractivity contribution in [3.8, 4) is 0 Å². The Labute approximate surface area is 104 Å². The van der Waals surface area contributed by atoms with E-state index in [0.717, 1.165) is 16.5 Å². The number of carboxylic acids is 1. The lowest BCUT2D eigenvalue weighted by atomic mass is 10.1. The van der Waals surface area contributed by atoms with E-state index in [1.807, 2.05) is 42.1 Å². The second-order valence-electron chi connectivity index (χ2n) is 4.13. The Morgan fingerprint density at radius 1 is 1.33 bits per heavy atom. The average Bonchev–Trinajstić information content (AvgIpc) is 2.65. The maximum atomic E-state index is 11.6. The molecule has 0 aliphatic heterocycles. The Hall–Kier alpha value is -2.30. The number of rotatable bonds is 4. The second-order valence-corrected chi connectivity index (χ2v) is 4.13. The number of aliphatic carboxylic acids is 1. The van der Waals surface area contributed by atoms with Crippen molar-refractivity contribution in [1.29, 1.82) is 0 Å². The molecule has 0 bridgehead atoms. The van der Waals surface area contributed by atoms with Gasteiger partial charge in [-0.2, -0.15) is 0 Å². The second kappa shape index (κ2) is 4.91. The van der Waals surface area contributed by atoms with Crippen molar-refractivity contribution >= 4 is 22.8 Å². The maximum absolute atomic E-state index is 11.6. The van der Waals surface area contributed by atoms with Gasteiger partial charge in [0, 0.05) is 24.1 Å². The van der Waals surface area contributed by atoms with Crippen molar-refractivity contribution in [1.82, 2.24) is 9.88 Å². The van der Waals surface area contributed by atoms with E-state index in [9.17, 15) is 9.59 Å². The number of aryl methyl sites for hydroxylation is 1. The van der Waals surface area contributed by atoms with Gasteiger partial charge >= 0.3 is 5.97 Å². The fraction of sp³-hybridized carbons (Fsp3) is 0.231. The summed E-state index contributed by atoms with van der Waals surface area (Å²) in [6, 6.07) is 7.79. The molecule has 0 saturated carbocycles. The topological polar surface area (TPSA) is 71.3 Å². The molecule has 0 saturated heterocycles. The first-order valence-corrected chi connectivity index (χ1v) is 5.59. The highest BCUT2D eigenvalue weighted by atomic mass is 16.4. The van der Waals surface area contributed by atoms with Crippen LogP contribution in [0.15, 0.2) is 30.5 Å². The van der Waals surface area contributed by atoms with E-state index in [1.54, 1.807) is 0 Å². The monoisotopic (exact) mass is 246 g/mol. The maximum Gasteiger partial charge on any atom is 0.322 e. The van der Waals surface area contributed by atoms with Gasteiger partial charge in [-0.05, 0) is 11.6 Å². The van der Waals surface area contributed by atoms with Crippen LogP contribution < -0.4 is 5.32 Å². The van der Waals surface area contributed by atoms with Gasteiger partial charge in [0.05, 0.1) is 6.42 Å². The standard InChI is InChI=1S/C13H14N2O3/c1-15-8-9(6-12(16)14-7-13(17)18)10-4-2-3-5-11(10)15/h2-5,8H,6-7H2,1H3,(H,14,16)(H,17,18). The van der Waals surface area contributed by atoms with Gasteiger partial charge in [-0.1, -0.05) is 18.2 Å². The first-order valence-electron chi connectivity index (χ1n) is 5.59. The van der Waals surface area contributed by atoms with Crippen LogP contribution in [-0.4, -0.2) is 28.1 Å². The number of carbonyl (C=O) groups excluding carboxylic acids is 1. The number of carbonyl (C=O) groups is 2. The van der Waals surface area contributed by atoms with Gasteiger partial charge in [-0.25, -0.2) is 0 Å². The number of nitrogens with one attached hydrogen (secondary N) is 1. The van der Waals surface area contributed by atoms with Crippen molar-refractivity contribution in [2.24, 2.45) is 7.05 Å². The summed E-state index contributed by atoms with van der Waals surface area (Å²) in [5.74, 6) is -1.32. The summed E-state index contributed by atoms with van der Waals surface area (Å²) in [6.45, 7) is -0.344. The Morgan fingerprint density at radius 3 is 2.78 bits per heavy atom. The predicted octanol–water partition coefficient (Wildman–Crippen LogP) is 0.922. The lowest BCUT2D eigenvalue weighted by Crippen LogP contribution is -2.30. The van der Waals surface area contributed by atoms with Crippen molar-refractivity contribution in [2.75, 3.05) is 6.54 Å². The number of hydrogen-bond acceptors (Lipinski definition) is 2.